The largest absolute Gasteiger partial charge is 0.368 e. The number of rotatable bonds is 7. The van der Waals surface area contributed by atoms with E-state index in [9.17, 15) is 9.59 Å². The van der Waals surface area contributed by atoms with E-state index in [1.165, 1.54) is 0 Å². The zero-order chi connectivity index (χ0) is 16.7. The van der Waals surface area contributed by atoms with Gasteiger partial charge in [-0.05, 0) is 11.1 Å². The van der Waals surface area contributed by atoms with Crippen molar-refractivity contribution in [1.29, 1.82) is 0 Å². The minimum atomic E-state index is -0.732. The van der Waals surface area contributed by atoms with E-state index in [1.807, 2.05) is 60.7 Å². The first-order valence-electron chi connectivity index (χ1n) is 7.57. The first-order chi connectivity index (χ1) is 11.1. The molecule has 0 heterocycles. The third-order valence-corrected chi connectivity index (χ3v) is 3.64. The molecule has 0 unspecified atom stereocenters. The molecule has 2 atom stereocenters. The maximum absolute atomic E-state index is 12.3. The second-order valence-electron chi connectivity index (χ2n) is 5.54. The van der Waals surface area contributed by atoms with Crippen molar-refractivity contribution < 1.29 is 15.3 Å². The van der Waals surface area contributed by atoms with Gasteiger partial charge in [0.1, 0.15) is 6.04 Å². The molecule has 0 saturated carbocycles. The summed E-state index contributed by atoms with van der Waals surface area (Å²) in [5, 5.41) is 2.71. The molecule has 2 rings (SSSR count). The number of primary amides is 1. The summed E-state index contributed by atoms with van der Waals surface area (Å²) in [6, 6.07) is 17.9. The molecule has 0 saturated heterocycles. The van der Waals surface area contributed by atoms with Gasteiger partial charge in [-0.3, -0.25) is 9.59 Å². The van der Waals surface area contributed by atoms with E-state index < -0.39 is 18.0 Å². The van der Waals surface area contributed by atoms with Crippen LogP contribution in [0.25, 0.3) is 0 Å². The molecule has 0 aliphatic carbocycles. The van der Waals surface area contributed by atoms with Gasteiger partial charge in [0, 0.05) is 12.8 Å². The molecule has 23 heavy (non-hydrogen) atoms. The third kappa shape index (κ3) is 5.23. The Bertz CT molecular complexity index is 644. The van der Waals surface area contributed by atoms with Gasteiger partial charge in [0.2, 0.25) is 5.91 Å². The average molecular weight is 312 g/mol. The van der Waals surface area contributed by atoms with Crippen LogP contribution < -0.4 is 16.8 Å². The fourth-order valence-corrected chi connectivity index (χ4v) is 2.35. The quantitative estimate of drug-likeness (QED) is 0.673. The Balaban J connectivity index is 1.96. The molecule has 0 aromatic heterocycles. The topological polar surface area (TPSA) is 99.8 Å². The Labute approximate surface area is 135 Å². The monoisotopic (exact) mass is 312 g/mol. The fraction of sp³-hybridized carbons (Fsp3) is 0.222. The number of amides is 2. The lowest BCUT2D eigenvalue weighted by molar-refractivity contribution is -0.403. The van der Waals surface area contributed by atoms with Gasteiger partial charge >= 0.3 is 0 Å². The molecule has 2 aromatic rings. The van der Waals surface area contributed by atoms with Crippen LogP contribution in [0.4, 0.5) is 0 Å². The van der Waals surface area contributed by atoms with Crippen LogP contribution in [-0.2, 0) is 22.4 Å². The van der Waals surface area contributed by atoms with E-state index in [1.54, 1.807) is 0 Å². The average Bonchev–Trinajstić information content (AvgIpc) is 2.56. The molecule has 0 aliphatic heterocycles. The SMILES string of the molecule is NC(=O)[C@H](Cc1ccccc1)NC(=O)[C@H]([NH3+])Cc1ccccc1. The molecule has 2 amide bonds. The summed E-state index contributed by atoms with van der Waals surface area (Å²) in [5.41, 5.74) is 11.3. The first kappa shape index (κ1) is 16.7. The van der Waals surface area contributed by atoms with Crippen molar-refractivity contribution in [2.75, 3.05) is 0 Å². The van der Waals surface area contributed by atoms with Gasteiger partial charge in [0.25, 0.3) is 5.91 Å². The maximum atomic E-state index is 12.3. The van der Waals surface area contributed by atoms with Crippen molar-refractivity contribution >= 4 is 11.8 Å². The van der Waals surface area contributed by atoms with Crippen LogP contribution in [0.3, 0.4) is 0 Å². The minimum absolute atomic E-state index is 0.270. The van der Waals surface area contributed by atoms with Gasteiger partial charge in [0.15, 0.2) is 6.04 Å². The van der Waals surface area contributed by atoms with Crippen molar-refractivity contribution in [1.82, 2.24) is 5.32 Å². The van der Waals surface area contributed by atoms with Crippen molar-refractivity contribution in [2.24, 2.45) is 5.73 Å². The van der Waals surface area contributed by atoms with Crippen molar-refractivity contribution in [3.8, 4) is 0 Å². The van der Waals surface area contributed by atoms with Crippen LogP contribution in [0.5, 0.6) is 0 Å². The highest BCUT2D eigenvalue weighted by Crippen LogP contribution is 2.05. The Morgan fingerprint density at radius 3 is 1.87 bits per heavy atom. The van der Waals surface area contributed by atoms with Crippen molar-refractivity contribution in [2.45, 2.75) is 24.9 Å². The summed E-state index contributed by atoms with van der Waals surface area (Å²) in [6.07, 6.45) is 0.892. The second-order valence-corrected chi connectivity index (χ2v) is 5.54. The van der Waals surface area contributed by atoms with Gasteiger partial charge in [-0.2, -0.15) is 0 Å². The van der Waals surface area contributed by atoms with Crippen molar-refractivity contribution in [3.63, 3.8) is 0 Å². The molecular weight excluding hydrogens is 290 g/mol. The molecule has 6 N–H and O–H groups in total. The highest BCUT2D eigenvalue weighted by atomic mass is 16.2. The predicted molar refractivity (Wildman–Crippen MR) is 88.1 cm³/mol. The molecule has 120 valence electrons. The summed E-state index contributed by atoms with van der Waals surface area (Å²) in [5.74, 6) is -0.817. The fourth-order valence-electron chi connectivity index (χ4n) is 2.35. The second kappa shape index (κ2) is 8.10. The number of nitrogens with one attached hydrogen (secondary N) is 1. The standard InChI is InChI=1S/C18H21N3O2/c19-15(11-13-7-3-1-4-8-13)18(23)21-16(17(20)22)12-14-9-5-2-6-10-14/h1-10,15-16H,11-12,19H2,(H2,20,22)(H,21,23)/p+1/t15-,16+/m1/s1. The minimum Gasteiger partial charge on any atom is -0.368 e. The maximum Gasteiger partial charge on any atom is 0.279 e. The Hall–Kier alpha value is -2.66. The molecule has 5 heteroatoms. The van der Waals surface area contributed by atoms with Gasteiger partial charge in [-0.25, -0.2) is 0 Å². The van der Waals surface area contributed by atoms with Crippen molar-refractivity contribution in [3.05, 3.63) is 71.8 Å². The number of quaternary nitrogens is 1. The van der Waals surface area contributed by atoms with Gasteiger partial charge < -0.3 is 16.8 Å². The lowest BCUT2D eigenvalue weighted by Crippen LogP contribution is -2.69. The predicted octanol–water partition coefficient (Wildman–Crippen LogP) is 0.0524. The zero-order valence-corrected chi connectivity index (χ0v) is 12.9. The number of benzene rings is 2. The lowest BCUT2D eigenvalue weighted by Gasteiger charge is -2.17. The lowest BCUT2D eigenvalue weighted by atomic mass is 10.0. The van der Waals surface area contributed by atoms with Crippen LogP contribution in [0.2, 0.25) is 0 Å². The number of carbonyl (C=O) groups excluding carboxylic acids is 2. The molecule has 2 aromatic carbocycles. The molecule has 0 bridgehead atoms. The summed E-state index contributed by atoms with van der Waals surface area (Å²) >= 11 is 0. The third-order valence-electron chi connectivity index (χ3n) is 3.64. The molecule has 0 radical (unpaired) electrons. The van der Waals surface area contributed by atoms with Crippen LogP contribution >= 0.6 is 0 Å². The van der Waals surface area contributed by atoms with Gasteiger partial charge in [-0.15, -0.1) is 0 Å². The summed E-state index contributed by atoms with van der Waals surface area (Å²) in [4.78, 5) is 23.9. The number of carbonyl (C=O) groups is 2. The summed E-state index contributed by atoms with van der Waals surface area (Å²) in [6.45, 7) is 0. The van der Waals surface area contributed by atoms with Crippen LogP contribution in [0, 0.1) is 0 Å². The van der Waals surface area contributed by atoms with E-state index in [-0.39, 0.29) is 5.91 Å². The number of hydrogen-bond acceptors (Lipinski definition) is 2. The first-order valence-corrected chi connectivity index (χ1v) is 7.57. The Morgan fingerprint density at radius 2 is 1.39 bits per heavy atom. The Kier molecular flexibility index (Phi) is 5.88. The molecule has 0 aliphatic rings. The molecule has 5 nitrogen and oxygen atoms in total. The summed E-state index contributed by atoms with van der Waals surface area (Å²) < 4.78 is 0. The highest BCUT2D eigenvalue weighted by molar-refractivity contribution is 5.88. The van der Waals surface area contributed by atoms with Gasteiger partial charge in [-0.1, -0.05) is 60.7 Å². The highest BCUT2D eigenvalue weighted by Gasteiger charge is 2.24. The van der Waals surface area contributed by atoms with Crippen LogP contribution in [0.1, 0.15) is 11.1 Å². The normalized spacial score (nSPS) is 13.1. The van der Waals surface area contributed by atoms with Gasteiger partial charge in [0.05, 0.1) is 0 Å². The van der Waals surface area contributed by atoms with E-state index in [2.05, 4.69) is 11.1 Å². The zero-order valence-electron chi connectivity index (χ0n) is 12.9. The molecular formula is C18H22N3O2+. The summed E-state index contributed by atoms with van der Waals surface area (Å²) in [7, 11) is 0. The van der Waals surface area contributed by atoms with E-state index in [0.717, 1.165) is 11.1 Å². The van der Waals surface area contributed by atoms with Crippen LogP contribution in [-0.4, -0.2) is 23.9 Å². The molecule has 0 spiro atoms. The number of hydrogen-bond donors (Lipinski definition) is 3. The molecule has 0 fully saturated rings. The van der Waals surface area contributed by atoms with E-state index in [4.69, 9.17) is 5.73 Å². The smallest absolute Gasteiger partial charge is 0.279 e. The van der Waals surface area contributed by atoms with Crippen LogP contribution in [0.15, 0.2) is 60.7 Å². The van der Waals surface area contributed by atoms with E-state index in [0.29, 0.717) is 12.8 Å². The number of nitrogens with two attached hydrogens (primary N) is 1. The van der Waals surface area contributed by atoms with E-state index >= 15 is 0 Å². The Morgan fingerprint density at radius 1 is 0.913 bits per heavy atom.